The molecule has 1 saturated heterocycles. The van der Waals surface area contributed by atoms with Crippen LogP contribution in [0.2, 0.25) is 0 Å². The number of aliphatic carboxylic acids is 1. The minimum absolute atomic E-state index is 0.166. The van der Waals surface area contributed by atoms with Gasteiger partial charge in [-0.1, -0.05) is 5.57 Å². The second kappa shape index (κ2) is 4.68. The van der Waals surface area contributed by atoms with E-state index in [2.05, 4.69) is 6.58 Å². The van der Waals surface area contributed by atoms with Gasteiger partial charge in [0, 0.05) is 13.1 Å². The van der Waals surface area contributed by atoms with Crippen molar-refractivity contribution in [3.8, 4) is 0 Å². The molecule has 1 aliphatic heterocycles. The Bertz CT molecular complexity index is 327. The third-order valence-corrected chi connectivity index (χ3v) is 3.16. The van der Waals surface area contributed by atoms with Gasteiger partial charge in [-0.2, -0.15) is 13.2 Å². The Morgan fingerprint density at radius 3 is 2.47 bits per heavy atom. The van der Waals surface area contributed by atoms with Gasteiger partial charge in [0.1, 0.15) is 0 Å². The van der Waals surface area contributed by atoms with Gasteiger partial charge in [-0.25, -0.2) is 0 Å². The molecule has 1 atom stereocenters. The summed E-state index contributed by atoms with van der Waals surface area (Å²) in [7, 11) is 0. The van der Waals surface area contributed by atoms with Crippen molar-refractivity contribution in [2.45, 2.75) is 25.9 Å². The van der Waals surface area contributed by atoms with Gasteiger partial charge in [0.25, 0.3) is 0 Å². The van der Waals surface area contributed by atoms with Crippen molar-refractivity contribution >= 4 is 5.97 Å². The van der Waals surface area contributed by atoms with E-state index in [1.807, 2.05) is 0 Å². The number of hydrogen-bond donors (Lipinski definition) is 1. The molecule has 0 bridgehead atoms. The van der Waals surface area contributed by atoms with Gasteiger partial charge in [-0.05, 0) is 26.3 Å². The summed E-state index contributed by atoms with van der Waals surface area (Å²) >= 11 is 0. The SMILES string of the molecule is C=C(C)CCN1CCC(C(=O)O)(C(F)(F)F)C1. The summed E-state index contributed by atoms with van der Waals surface area (Å²) in [6.07, 6.45) is -4.48. The molecule has 0 saturated carbocycles. The fourth-order valence-electron chi connectivity index (χ4n) is 1.96. The quantitative estimate of drug-likeness (QED) is 0.779. The van der Waals surface area contributed by atoms with Crippen molar-refractivity contribution in [2.24, 2.45) is 5.41 Å². The Balaban J connectivity index is 2.73. The summed E-state index contributed by atoms with van der Waals surface area (Å²) in [5.41, 5.74) is -1.72. The molecule has 0 aromatic rings. The van der Waals surface area contributed by atoms with Crippen molar-refractivity contribution < 1.29 is 23.1 Å². The highest BCUT2D eigenvalue weighted by Gasteiger charge is 2.63. The van der Waals surface area contributed by atoms with E-state index < -0.39 is 24.1 Å². The lowest BCUT2D eigenvalue weighted by atomic mass is 9.86. The molecule has 1 rings (SSSR count). The van der Waals surface area contributed by atoms with Crippen LogP contribution in [0.25, 0.3) is 0 Å². The van der Waals surface area contributed by atoms with E-state index in [0.29, 0.717) is 13.0 Å². The fourth-order valence-corrected chi connectivity index (χ4v) is 1.96. The van der Waals surface area contributed by atoms with Crippen molar-refractivity contribution in [3.05, 3.63) is 12.2 Å². The Morgan fingerprint density at radius 2 is 2.12 bits per heavy atom. The van der Waals surface area contributed by atoms with Crippen LogP contribution >= 0.6 is 0 Å². The molecule has 1 heterocycles. The smallest absolute Gasteiger partial charge is 0.406 e. The number of carbonyl (C=O) groups is 1. The highest BCUT2D eigenvalue weighted by molar-refractivity contribution is 5.76. The minimum Gasteiger partial charge on any atom is -0.481 e. The summed E-state index contributed by atoms with van der Waals surface area (Å²) in [5, 5.41) is 8.83. The van der Waals surface area contributed by atoms with Gasteiger partial charge >= 0.3 is 12.1 Å². The maximum Gasteiger partial charge on any atom is 0.406 e. The Kier molecular flexibility index (Phi) is 3.86. The molecular formula is C11H16F3NO2. The fraction of sp³-hybridized carbons (Fsp3) is 0.727. The molecule has 0 radical (unpaired) electrons. The summed E-state index contributed by atoms with van der Waals surface area (Å²) < 4.78 is 38.4. The third kappa shape index (κ3) is 2.80. The van der Waals surface area contributed by atoms with Crippen LogP contribution in [0.1, 0.15) is 19.8 Å². The van der Waals surface area contributed by atoms with Gasteiger partial charge < -0.3 is 10.0 Å². The highest BCUT2D eigenvalue weighted by atomic mass is 19.4. The predicted molar refractivity (Wildman–Crippen MR) is 56.6 cm³/mol. The summed E-state index contributed by atoms with van der Waals surface area (Å²) in [6.45, 7) is 5.60. The molecular weight excluding hydrogens is 235 g/mol. The molecule has 0 spiro atoms. The van der Waals surface area contributed by atoms with Gasteiger partial charge in [0.15, 0.2) is 5.41 Å². The van der Waals surface area contributed by atoms with Crippen LogP contribution in [0.5, 0.6) is 0 Å². The van der Waals surface area contributed by atoms with Crippen LogP contribution in [0.4, 0.5) is 13.2 Å². The summed E-state index contributed by atoms with van der Waals surface area (Å²) in [6, 6.07) is 0. The number of carboxylic acid groups (broad SMARTS) is 1. The number of alkyl halides is 3. The minimum atomic E-state index is -4.70. The Morgan fingerprint density at radius 1 is 1.53 bits per heavy atom. The van der Waals surface area contributed by atoms with Crippen molar-refractivity contribution in [1.29, 1.82) is 0 Å². The molecule has 0 aliphatic carbocycles. The lowest BCUT2D eigenvalue weighted by Gasteiger charge is -2.27. The predicted octanol–water partition coefficient (Wildman–Crippen LogP) is 2.29. The number of halogens is 3. The standard InChI is InChI=1S/C11H16F3NO2/c1-8(2)3-5-15-6-4-10(7-15,9(16)17)11(12,13)14/h1,3-7H2,2H3,(H,16,17). The first-order chi connectivity index (χ1) is 7.69. The second-order valence-corrected chi connectivity index (χ2v) is 4.62. The van der Waals surface area contributed by atoms with E-state index in [9.17, 15) is 18.0 Å². The average molecular weight is 251 g/mol. The molecule has 1 unspecified atom stereocenters. The topological polar surface area (TPSA) is 40.5 Å². The number of hydrogen-bond acceptors (Lipinski definition) is 2. The molecule has 1 fully saturated rings. The van der Waals surface area contributed by atoms with Crippen molar-refractivity contribution in [3.63, 3.8) is 0 Å². The van der Waals surface area contributed by atoms with E-state index in [4.69, 9.17) is 5.11 Å². The zero-order valence-electron chi connectivity index (χ0n) is 9.68. The average Bonchev–Trinajstić information content (AvgIpc) is 2.58. The monoisotopic (exact) mass is 251 g/mol. The zero-order chi connectivity index (χ0) is 13.3. The lowest BCUT2D eigenvalue weighted by Crippen LogP contribution is -2.47. The van der Waals surface area contributed by atoms with Crippen molar-refractivity contribution in [1.82, 2.24) is 4.90 Å². The molecule has 0 aromatic carbocycles. The molecule has 0 amide bonds. The van der Waals surface area contributed by atoms with Crippen LogP contribution in [-0.4, -0.2) is 41.8 Å². The first-order valence-corrected chi connectivity index (χ1v) is 5.36. The van der Waals surface area contributed by atoms with Gasteiger partial charge in [0.05, 0.1) is 0 Å². The van der Waals surface area contributed by atoms with Crippen LogP contribution in [0, 0.1) is 5.41 Å². The highest BCUT2D eigenvalue weighted by Crippen LogP contribution is 2.45. The first kappa shape index (κ1) is 14.0. The first-order valence-electron chi connectivity index (χ1n) is 5.36. The third-order valence-electron chi connectivity index (χ3n) is 3.16. The summed E-state index contributed by atoms with van der Waals surface area (Å²) in [5.74, 6) is -1.78. The van der Waals surface area contributed by atoms with E-state index in [0.717, 1.165) is 5.57 Å². The van der Waals surface area contributed by atoms with E-state index in [1.165, 1.54) is 4.90 Å². The van der Waals surface area contributed by atoms with E-state index in [1.54, 1.807) is 6.92 Å². The molecule has 1 N–H and O–H groups in total. The van der Waals surface area contributed by atoms with Gasteiger partial charge in [-0.3, -0.25) is 4.79 Å². The molecule has 98 valence electrons. The largest absolute Gasteiger partial charge is 0.481 e. The maximum absolute atomic E-state index is 12.8. The number of carboxylic acids is 1. The number of rotatable bonds is 4. The lowest BCUT2D eigenvalue weighted by molar-refractivity contribution is -0.227. The van der Waals surface area contributed by atoms with Gasteiger partial charge in [0.2, 0.25) is 0 Å². The van der Waals surface area contributed by atoms with Crippen LogP contribution in [0.15, 0.2) is 12.2 Å². The second-order valence-electron chi connectivity index (χ2n) is 4.62. The molecule has 17 heavy (non-hydrogen) atoms. The Hall–Kier alpha value is -1.04. The molecule has 6 heteroatoms. The van der Waals surface area contributed by atoms with Crippen LogP contribution in [0.3, 0.4) is 0 Å². The molecule has 3 nitrogen and oxygen atoms in total. The molecule has 1 aliphatic rings. The van der Waals surface area contributed by atoms with E-state index in [-0.39, 0.29) is 13.0 Å². The number of likely N-dealkylation sites (tertiary alicyclic amines) is 1. The van der Waals surface area contributed by atoms with Crippen LogP contribution < -0.4 is 0 Å². The summed E-state index contributed by atoms with van der Waals surface area (Å²) in [4.78, 5) is 12.4. The Labute approximate surface area is 97.9 Å². The van der Waals surface area contributed by atoms with Gasteiger partial charge in [-0.15, -0.1) is 6.58 Å². The van der Waals surface area contributed by atoms with Crippen LogP contribution in [-0.2, 0) is 4.79 Å². The normalized spacial score (nSPS) is 26.1. The number of nitrogens with zero attached hydrogens (tertiary/aromatic N) is 1. The van der Waals surface area contributed by atoms with Crippen molar-refractivity contribution in [2.75, 3.05) is 19.6 Å². The zero-order valence-corrected chi connectivity index (χ0v) is 9.68. The molecule has 0 aromatic heterocycles. The van der Waals surface area contributed by atoms with E-state index >= 15 is 0 Å². The maximum atomic E-state index is 12.8.